The predicted molar refractivity (Wildman–Crippen MR) is 188 cm³/mol. The van der Waals surface area contributed by atoms with Crippen LogP contribution in [0.3, 0.4) is 0 Å². The molecule has 0 bridgehead atoms. The van der Waals surface area contributed by atoms with Crippen molar-refractivity contribution in [2.75, 3.05) is 11.4 Å². The predicted octanol–water partition coefficient (Wildman–Crippen LogP) is 8.73. The van der Waals surface area contributed by atoms with Crippen molar-refractivity contribution in [3.63, 3.8) is 0 Å². The molecule has 2 aliphatic carbocycles. The first-order chi connectivity index (χ1) is 26.8. The van der Waals surface area contributed by atoms with Gasteiger partial charge in [-0.25, -0.2) is 35.2 Å². The summed E-state index contributed by atoms with van der Waals surface area (Å²) in [6, 6.07) is 12.0. The average Bonchev–Trinajstić information content (AvgIpc) is 4.07. The van der Waals surface area contributed by atoms with Crippen LogP contribution >= 0.6 is 0 Å². The lowest BCUT2D eigenvalue weighted by atomic mass is 10.0. The minimum atomic E-state index is -6.04. The molecule has 2 fully saturated rings. The van der Waals surface area contributed by atoms with Crippen molar-refractivity contribution in [3.05, 3.63) is 118 Å². The van der Waals surface area contributed by atoms with Gasteiger partial charge in [0.25, 0.3) is 0 Å². The maximum absolute atomic E-state index is 15.2. The summed E-state index contributed by atoms with van der Waals surface area (Å²) in [5.74, 6) is -15.8. The van der Waals surface area contributed by atoms with Crippen LogP contribution in [0.1, 0.15) is 78.1 Å². The molecule has 2 aliphatic rings. The summed E-state index contributed by atoms with van der Waals surface area (Å²) >= 11 is 0. The van der Waals surface area contributed by atoms with E-state index in [0.717, 1.165) is 53.6 Å². The van der Waals surface area contributed by atoms with Crippen molar-refractivity contribution in [1.82, 2.24) is 4.31 Å². The number of aromatic carboxylic acids is 1. The van der Waals surface area contributed by atoms with Crippen molar-refractivity contribution in [2.24, 2.45) is 0 Å². The summed E-state index contributed by atoms with van der Waals surface area (Å²) in [5, 5.41) is 9.72. The van der Waals surface area contributed by atoms with E-state index in [9.17, 15) is 49.5 Å². The molecule has 1 amide bonds. The fourth-order valence-corrected chi connectivity index (χ4v) is 7.60. The van der Waals surface area contributed by atoms with Gasteiger partial charge in [0, 0.05) is 6.54 Å². The first kappa shape index (κ1) is 41.4. The smallest absolute Gasteiger partial charge is 0.416 e. The van der Waals surface area contributed by atoms with Gasteiger partial charge in [0.1, 0.15) is 11.5 Å². The SMILES string of the molecule is CC(C)Oc1cc(CN(C(=O)CN(Cc2ccccc2C(F)(F)F)S(=O)(=O)c2c(F)c(F)c(F)c(F)c2F)c2ccc(C(=O)O)cc2OC2CC2)cc(C2CC2)c1. The van der Waals surface area contributed by atoms with Crippen molar-refractivity contribution in [3.8, 4) is 11.5 Å². The Balaban J connectivity index is 1.51. The van der Waals surface area contributed by atoms with Crippen molar-refractivity contribution in [2.45, 2.75) is 81.8 Å². The number of carboxylic acids is 1. The van der Waals surface area contributed by atoms with Crippen LogP contribution in [0.15, 0.2) is 65.6 Å². The Morgan fingerprint density at radius 3 is 2.05 bits per heavy atom. The standard InChI is InChI=1S/C39H34F8N2O7S/c1-20(2)55-27-14-21(13-25(15-27)22-7-8-22)17-49(29-12-9-23(38(51)52)16-30(29)56-26-10-11-26)31(50)19-48(18-24-5-3-4-6-28(24)39(45,46)47)57(53,54)37-35(43)33(41)32(40)34(42)36(37)44/h3-6,9,12-16,20,22,26H,7-8,10-11,17-19H2,1-2H3,(H,51,52). The van der Waals surface area contributed by atoms with Crippen LogP contribution in [-0.2, 0) is 34.1 Å². The number of carboxylic acid groups (broad SMARTS) is 1. The van der Waals surface area contributed by atoms with Gasteiger partial charge in [0.05, 0.1) is 42.1 Å². The van der Waals surface area contributed by atoms with Crippen LogP contribution in [0, 0.1) is 29.1 Å². The summed E-state index contributed by atoms with van der Waals surface area (Å²) in [5.41, 5.74) is -1.38. The topological polar surface area (TPSA) is 113 Å². The van der Waals surface area contributed by atoms with E-state index >= 15 is 8.78 Å². The first-order valence-corrected chi connectivity index (χ1v) is 19.0. The maximum atomic E-state index is 15.2. The number of benzene rings is 4. The zero-order valence-corrected chi connectivity index (χ0v) is 31.0. The third kappa shape index (κ3) is 9.17. The fourth-order valence-electron chi connectivity index (χ4n) is 6.12. The van der Waals surface area contributed by atoms with Gasteiger partial charge in [-0.3, -0.25) is 4.79 Å². The second-order valence-corrected chi connectivity index (χ2v) is 15.8. The van der Waals surface area contributed by atoms with E-state index in [1.165, 1.54) is 6.07 Å². The maximum Gasteiger partial charge on any atom is 0.416 e. The molecular formula is C39H34F8N2O7S. The number of amides is 1. The van der Waals surface area contributed by atoms with Crippen LogP contribution in [0.2, 0.25) is 0 Å². The normalized spacial score (nSPS) is 14.6. The number of halogens is 8. The van der Waals surface area contributed by atoms with Crippen LogP contribution in [0.25, 0.3) is 0 Å². The number of alkyl halides is 3. The molecule has 6 rings (SSSR count). The Kier molecular flexibility index (Phi) is 11.6. The van der Waals surface area contributed by atoms with Crippen LogP contribution < -0.4 is 14.4 Å². The Hall–Kier alpha value is -5.23. The number of hydrogen-bond donors (Lipinski definition) is 1. The van der Waals surface area contributed by atoms with Gasteiger partial charge in [0.15, 0.2) is 28.2 Å². The summed E-state index contributed by atoms with van der Waals surface area (Å²) in [6.45, 7) is 0.193. The molecule has 0 aromatic heterocycles. The minimum absolute atomic E-state index is 0.119. The zero-order valence-electron chi connectivity index (χ0n) is 30.2. The minimum Gasteiger partial charge on any atom is -0.491 e. The van der Waals surface area contributed by atoms with Crippen LogP contribution in [0.4, 0.5) is 40.8 Å². The molecule has 0 radical (unpaired) electrons. The molecule has 4 aromatic carbocycles. The molecule has 2 saturated carbocycles. The van der Waals surface area contributed by atoms with E-state index < -0.39 is 92.8 Å². The number of anilines is 1. The summed E-state index contributed by atoms with van der Waals surface area (Å²) < 4.78 is 155. The molecule has 57 heavy (non-hydrogen) atoms. The Labute approximate surface area is 321 Å². The van der Waals surface area contributed by atoms with Gasteiger partial charge < -0.3 is 19.5 Å². The molecule has 4 aromatic rings. The lowest BCUT2D eigenvalue weighted by Gasteiger charge is -2.30. The molecule has 1 N–H and O–H groups in total. The number of sulfonamides is 1. The second-order valence-electron chi connectivity index (χ2n) is 14.0. The van der Waals surface area contributed by atoms with Crippen molar-refractivity contribution in [1.29, 1.82) is 0 Å². The number of ether oxygens (including phenoxy) is 2. The van der Waals surface area contributed by atoms with E-state index in [2.05, 4.69) is 0 Å². The number of carbonyl (C=O) groups excluding carboxylic acids is 1. The van der Waals surface area contributed by atoms with Gasteiger partial charge in [-0.05, 0) is 98.5 Å². The van der Waals surface area contributed by atoms with Gasteiger partial charge in [-0.1, -0.05) is 24.3 Å². The van der Waals surface area contributed by atoms with Crippen molar-refractivity contribution < 1.29 is 67.7 Å². The lowest BCUT2D eigenvalue weighted by Crippen LogP contribution is -2.43. The molecule has 18 heteroatoms. The number of hydrogen-bond acceptors (Lipinski definition) is 6. The Morgan fingerprint density at radius 1 is 0.842 bits per heavy atom. The Bertz CT molecular complexity index is 2300. The molecular weight excluding hydrogens is 792 g/mol. The summed E-state index contributed by atoms with van der Waals surface area (Å²) in [6.07, 6.45) is -2.95. The first-order valence-electron chi connectivity index (χ1n) is 17.6. The van der Waals surface area contributed by atoms with Crippen LogP contribution in [0.5, 0.6) is 11.5 Å². The number of nitrogens with zero attached hydrogens (tertiary/aromatic N) is 2. The number of rotatable bonds is 15. The monoisotopic (exact) mass is 826 g/mol. The molecule has 304 valence electrons. The lowest BCUT2D eigenvalue weighted by molar-refractivity contribution is -0.138. The van der Waals surface area contributed by atoms with E-state index in [1.54, 1.807) is 26.0 Å². The van der Waals surface area contributed by atoms with Gasteiger partial charge in [-0.2, -0.15) is 17.5 Å². The largest absolute Gasteiger partial charge is 0.491 e. The third-order valence-corrected chi connectivity index (χ3v) is 10.9. The summed E-state index contributed by atoms with van der Waals surface area (Å²) in [7, 11) is -6.04. The average molecular weight is 827 g/mol. The Morgan fingerprint density at radius 2 is 1.47 bits per heavy atom. The van der Waals surface area contributed by atoms with Gasteiger partial charge in [0.2, 0.25) is 21.7 Å². The molecule has 0 unspecified atom stereocenters. The second kappa shape index (κ2) is 16.0. The summed E-state index contributed by atoms with van der Waals surface area (Å²) in [4.78, 5) is 25.1. The van der Waals surface area contributed by atoms with Crippen molar-refractivity contribution >= 4 is 27.6 Å². The van der Waals surface area contributed by atoms with Gasteiger partial charge in [-0.15, -0.1) is 0 Å². The molecule has 0 atom stereocenters. The van der Waals surface area contributed by atoms with E-state index in [0.29, 0.717) is 30.2 Å². The highest BCUT2D eigenvalue weighted by atomic mass is 32.2. The molecule has 9 nitrogen and oxygen atoms in total. The highest BCUT2D eigenvalue weighted by Gasteiger charge is 2.41. The molecule has 0 aliphatic heterocycles. The van der Waals surface area contributed by atoms with Gasteiger partial charge >= 0.3 is 12.1 Å². The van der Waals surface area contributed by atoms with Crippen LogP contribution in [-0.4, -0.2) is 48.5 Å². The third-order valence-electron chi connectivity index (χ3n) is 9.11. The van der Waals surface area contributed by atoms with E-state index in [-0.39, 0.29) is 39.4 Å². The highest BCUT2D eigenvalue weighted by Crippen LogP contribution is 2.43. The highest BCUT2D eigenvalue weighted by molar-refractivity contribution is 7.89. The molecule has 0 heterocycles. The van der Waals surface area contributed by atoms with E-state index in [1.807, 2.05) is 6.07 Å². The zero-order chi connectivity index (χ0) is 41.6. The molecule has 0 saturated heterocycles. The fraction of sp³-hybridized carbons (Fsp3) is 0.333. The molecule has 0 spiro atoms. The number of carbonyl (C=O) groups is 2. The quantitative estimate of drug-likeness (QED) is 0.0725. The van der Waals surface area contributed by atoms with E-state index in [4.69, 9.17) is 9.47 Å².